The summed E-state index contributed by atoms with van der Waals surface area (Å²) in [5.74, 6) is 0. The largest absolute Gasteiger partial charge is 0.444 e. The fraction of sp³-hybridized carbons (Fsp3) is 0.533. The Morgan fingerprint density at radius 3 is 2.53 bits per heavy atom. The van der Waals surface area contributed by atoms with E-state index in [0.29, 0.717) is 0 Å². The fourth-order valence-corrected chi connectivity index (χ4v) is 3.18. The number of carbonyl (C=O) groups is 1. The summed E-state index contributed by atoms with van der Waals surface area (Å²) in [6, 6.07) is 6.25. The molecule has 4 heteroatoms. The molecule has 2 aliphatic rings. The Labute approximate surface area is 113 Å². The third-order valence-electron chi connectivity index (χ3n) is 3.82. The third-order valence-corrected chi connectivity index (χ3v) is 3.82. The molecule has 2 N–H and O–H groups in total. The Morgan fingerprint density at radius 1 is 1.26 bits per heavy atom. The first-order chi connectivity index (χ1) is 8.87. The minimum absolute atomic E-state index is 0.137. The van der Waals surface area contributed by atoms with Crippen molar-refractivity contribution in [2.24, 2.45) is 0 Å². The highest BCUT2D eigenvalue weighted by molar-refractivity contribution is 5.72. The molecule has 0 spiro atoms. The standard InChI is InChI=1S/C15H20N2O2/c1-15(2,3)19-14(18)17-12-6-7-13(17)11-8-9(16)4-5-10(11)12/h4-5,8,12-13H,6-7,16H2,1-3H3/t12-,13+/m0/s1. The van der Waals surface area contributed by atoms with Crippen LogP contribution in [0.1, 0.15) is 56.8 Å². The zero-order valence-electron chi connectivity index (χ0n) is 11.6. The summed E-state index contributed by atoms with van der Waals surface area (Å²) in [4.78, 5) is 14.2. The van der Waals surface area contributed by atoms with Crippen molar-refractivity contribution in [3.8, 4) is 0 Å². The zero-order chi connectivity index (χ0) is 13.8. The van der Waals surface area contributed by atoms with Crippen LogP contribution in [0.4, 0.5) is 10.5 Å². The molecule has 0 radical (unpaired) electrons. The Morgan fingerprint density at radius 2 is 1.89 bits per heavy atom. The maximum absolute atomic E-state index is 12.3. The summed E-state index contributed by atoms with van der Waals surface area (Å²) in [6.07, 6.45) is 1.80. The van der Waals surface area contributed by atoms with Crippen molar-refractivity contribution in [1.29, 1.82) is 0 Å². The molecule has 1 aromatic rings. The van der Waals surface area contributed by atoms with E-state index in [1.807, 2.05) is 43.9 Å². The van der Waals surface area contributed by atoms with Gasteiger partial charge in [-0.15, -0.1) is 0 Å². The molecule has 4 nitrogen and oxygen atoms in total. The third kappa shape index (κ3) is 1.95. The van der Waals surface area contributed by atoms with E-state index < -0.39 is 5.60 Å². The molecule has 1 saturated heterocycles. The molecule has 1 fully saturated rings. The van der Waals surface area contributed by atoms with E-state index >= 15 is 0 Å². The molecule has 0 aliphatic carbocycles. The van der Waals surface area contributed by atoms with Crippen LogP contribution >= 0.6 is 0 Å². The zero-order valence-corrected chi connectivity index (χ0v) is 11.6. The second-order valence-electron chi connectivity index (χ2n) is 6.38. The Balaban J connectivity index is 1.90. The van der Waals surface area contributed by atoms with Gasteiger partial charge in [-0.1, -0.05) is 6.07 Å². The summed E-state index contributed by atoms with van der Waals surface area (Å²) in [6.45, 7) is 5.69. The molecule has 0 unspecified atom stereocenters. The number of nitrogen functional groups attached to an aromatic ring is 1. The monoisotopic (exact) mass is 260 g/mol. The van der Waals surface area contributed by atoms with E-state index in [-0.39, 0.29) is 18.2 Å². The maximum atomic E-state index is 12.3. The number of benzene rings is 1. The first-order valence-electron chi connectivity index (χ1n) is 6.77. The van der Waals surface area contributed by atoms with Gasteiger partial charge in [-0.05, 0) is 56.9 Å². The molecular weight excluding hydrogens is 240 g/mol. The smallest absolute Gasteiger partial charge is 0.411 e. The minimum atomic E-state index is -0.454. The van der Waals surface area contributed by atoms with Crippen LogP contribution in [0.15, 0.2) is 18.2 Å². The topological polar surface area (TPSA) is 55.6 Å². The van der Waals surface area contributed by atoms with Gasteiger partial charge in [-0.2, -0.15) is 0 Å². The number of ether oxygens (including phenoxy) is 1. The molecule has 2 atom stereocenters. The number of nitrogens with zero attached hydrogens (tertiary/aromatic N) is 1. The molecular formula is C15H20N2O2. The molecule has 19 heavy (non-hydrogen) atoms. The van der Waals surface area contributed by atoms with E-state index in [4.69, 9.17) is 10.5 Å². The van der Waals surface area contributed by atoms with Gasteiger partial charge < -0.3 is 10.5 Å². The minimum Gasteiger partial charge on any atom is -0.444 e. The molecule has 0 saturated carbocycles. The van der Waals surface area contributed by atoms with Gasteiger partial charge in [-0.3, -0.25) is 4.90 Å². The molecule has 2 bridgehead atoms. The number of anilines is 1. The van der Waals surface area contributed by atoms with E-state index in [1.165, 1.54) is 11.1 Å². The summed E-state index contributed by atoms with van der Waals surface area (Å²) < 4.78 is 5.52. The Bertz CT molecular complexity index is 533. The number of carbonyl (C=O) groups excluding carboxylic acids is 1. The van der Waals surface area contributed by atoms with Crippen molar-refractivity contribution in [2.45, 2.75) is 51.3 Å². The summed E-state index contributed by atoms with van der Waals surface area (Å²) in [5, 5.41) is 0. The highest BCUT2D eigenvalue weighted by atomic mass is 16.6. The lowest BCUT2D eigenvalue weighted by Gasteiger charge is -2.27. The Hall–Kier alpha value is -1.71. The molecule has 2 aliphatic heterocycles. The van der Waals surface area contributed by atoms with Crippen LogP contribution in [-0.2, 0) is 4.74 Å². The average molecular weight is 260 g/mol. The molecule has 0 aromatic heterocycles. The van der Waals surface area contributed by atoms with Crippen LogP contribution < -0.4 is 5.73 Å². The van der Waals surface area contributed by atoms with E-state index in [0.717, 1.165) is 18.5 Å². The number of hydrogen-bond acceptors (Lipinski definition) is 3. The number of amides is 1. The quantitative estimate of drug-likeness (QED) is 0.727. The molecule has 1 amide bonds. The SMILES string of the molecule is CC(C)(C)OC(=O)N1[C@@H]2CC[C@H]1c1ccc(N)cc12. The molecule has 3 rings (SSSR count). The lowest BCUT2D eigenvalue weighted by molar-refractivity contribution is 0.0177. The lowest BCUT2D eigenvalue weighted by Crippen LogP contribution is -2.34. The fourth-order valence-electron chi connectivity index (χ4n) is 3.18. The van der Waals surface area contributed by atoms with E-state index in [9.17, 15) is 4.79 Å². The van der Waals surface area contributed by atoms with Crippen LogP contribution in [0.25, 0.3) is 0 Å². The second-order valence-corrected chi connectivity index (χ2v) is 6.38. The summed E-state index contributed by atoms with van der Waals surface area (Å²) in [5.41, 5.74) is 8.59. The van der Waals surface area contributed by atoms with E-state index in [1.54, 1.807) is 0 Å². The van der Waals surface area contributed by atoms with Crippen molar-refractivity contribution in [2.75, 3.05) is 5.73 Å². The van der Waals surface area contributed by atoms with Gasteiger partial charge in [0.15, 0.2) is 0 Å². The first-order valence-corrected chi connectivity index (χ1v) is 6.77. The van der Waals surface area contributed by atoms with Gasteiger partial charge >= 0.3 is 6.09 Å². The van der Waals surface area contributed by atoms with Crippen LogP contribution in [0, 0.1) is 0 Å². The van der Waals surface area contributed by atoms with Gasteiger partial charge in [0.1, 0.15) is 5.60 Å². The number of nitrogens with two attached hydrogens (primary N) is 1. The predicted molar refractivity (Wildman–Crippen MR) is 73.6 cm³/mol. The summed E-state index contributed by atoms with van der Waals surface area (Å²) in [7, 11) is 0. The second kappa shape index (κ2) is 3.89. The normalized spacial score (nSPS) is 24.5. The number of rotatable bonds is 0. The maximum Gasteiger partial charge on any atom is 0.411 e. The van der Waals surface area contributed by atoms with Crippen LogP contribution in [0.5, 0.6) is 0 Å². The first kappa shape index (κ1) is 12.3. The number of hydrogen-bond donors (Lipinski definition) is 1. The molecule has 102 valence electrons. The number of fused-ring (bicyclic) bond motifs is 5. The van der Waals surface area contributed by atoms with Crippen LogP contribution in [0.2, 0.25) is 0 Å². The van der Waals surface area contributed by atoms with Crippen molar-refractivity contribution in [1.82, 2.24) is 4.90 Å². The average Bonchev–Trinajstić information content (AvgIpc) is 2.82. The Kier molecular flexibility index (Phi) is 2.52. The van der Waals surface area contributed by atoms with Gasteiger partial charge in [0.2, 0.25) is 0 Å². The lowest BCUT2D eigenvalue weighted by atomic mass is 9.91. The van der Waals surface area contributed by atoms with Crippen molar-refractivity contribution in [3.63, 3.8) is 0 Å². The van der Waals surface area contributed by atoms with Gasteiger partial charge in [0, 0.05) is 5.69 Å². The highest BCUT2D eigenvalue weighted by Crippen LogP contribution is 2.53. The molecule has 1 aromatic carbocycles. The predicted octanol–water partition coefficient (Wildman–Crippen LogP) is 3.40. The van der Waals surface area contributed by atoms with Crippen molar-refractivity contribution in [3.05, 3.63) is 29.3 Å². The van der Waals surface area contributed by atoms with Gasteiger partial charge in [-0.25, -0.2) is 4.79 Å². The highest BCUT2D eigenvalue weighted by Gasteiger charge is 2.47. The van der Waals surface area contributed by atoms with Crippen LogP contribution in [0.3, 0.4) is 0 Å². The van der Waals surface area contributed by atoms with Crippen molar-refractivity contribution >= 4 is 11.8 Å². The van der Waals surface area contributed by atoms with E-state index in [2.05, 4.69) is 0 Å². The molecule has 2 heterocycles. The van der Waals surface area contributed by atoms with Crippen molar-refractivity contribution < 1.29 is 9.53 Å². The summed E-state index contributed by atoms with van der Waals surface area (Å²) >= 11 is 0. The van der Waals surface area contributed by atoms with Gasteiger partial charge in [0.25, 0.3) is 0 Å². The van der Waals surface area contributed by atoms with Gasteiger partial charge in [0.05, 0.1) is 12.1 Å². The van der Waals surface area contributed by atoms with Crippen LogP contribution in [-0.4, -0.2) is 16.6 Å².